The molecule has 32 heavy (non-hydrogen) atoms. The Bertz CT molecular complexity index is 1060. The molecule has 0 bridgehead atoms. The fraction of sp³-hybridized carbons (Fsp3) is 0.375. The van der Waals surface area contributed by atoms with Gasteiger partial charge in [-0.1, -0.05) is 12.1 Å². The van der Waals surface area contributed by atoms with Gasteiger partial charge in [0, 0.05) is 62.6 Å². The van der Waals surface area contributed by atoms with Crippen LogP contribution in [0.4, 0.5) is 11.4 Å². The molecule has 0 aliphatic carbocycles. The number of piperazine rings is 1. The largest absolute Gasteiger partial charge is 0.399 e. The zero-order chi connectivity index (χ0) is 22.2. The third-order valence-electron chi connectivity index (χ3n) is 6.63. The number of hydrogen-bond donors (Lipinski definition) is 2. The predicted molar refractivity (Wildman–Crippen MR) is 121 cm³/mol. The first-order chi connectivity index (χ1) is 15.5. The lowest BCUT2D eigenvalue weighted by Gasteiger charge is -2.36. The summed E-state index contributed by atoms with van der Waals surface area (Å²) < 4.78 is 0. The van der Waals surface area contributed by atoms with Gasteiger partial charge in [-0.25, -0.2) is 0 Å². The van der Waals surface area contributed by atoms with Gasteiger partial charge in [0.25, 0.3) is 5.91 Å². The summed E-state index contributed by atoms with van der Waals surface area (Å²) in [4.78, 5) is 43.0. The molecule has 0 radical (unpaired) electrons. The quantitative estimate of drug-likeness (QED) is 0.558. The van der Waals surface area contributed by atoms with Crippen LogP contribution in [0, 0.1) is 0 Å². The van der Waals surface area contributed by atoms with E-state index in [0.717, 1.165) is 49.5 Å². The molecule has 3 N–H and O–H groups in total. The van der Waals surface area contributed by atoms with Crippen LogP contribution in [0.5, 0.6) is 0 Å². The van der Waals surface area contributed by atoms with Crippen LogP contribution in [0.15, 0.2) is 42.5 Å². The van der Waals surface area contributed by atoms with Gasteiger partial charge >= 0.3 is 0 Å². The first kappa shape index (κ1) is 20.5. The maximum Gasteiger partial charge on any atom is 0.255 e. The number of amides is 3. The molecule has 166 valence electrons. The molecule has 5 rings (SSSR count). The molecule has 3 heterocycles. The lowest BCUT2D eigenvalue weighted by Crippen LogP contribution is -2.52. The highest BCUT2D eigenvalue weighted by molar-refractivity contribution is 6.05. The second-order valence-corrected chi connectivity index (χ2v) is 8.75. The minimum absolute atomic E-state index is 0.121. The van der Waals surface area contributed by atoms with Crippen molar-refractivity contribution in [2.75, 3.05) is 36.8 Å². The maximum atomic E-state index is 13.0. The minimum Gasteiger partial charge on any atom is -0.399 e. The van der Waals surface area contributed by atoms with E-state index in [1.165, 1.54) is 5.69 Å². The fourth-order valence-corrected chi connectivity index (χ4v) is 4.81. The zero-order valence-electron chi connectivity index (χ0n) is 17.9. The third-order valence-corrected chi connectivity index (χ3v) is 6.63. The molecule has 2 saturated heterocycles. The average Bonchev–Trinajstić information content (AvgIpc) is 3.11. The average molecular weight is 434 g/mol. The van der Waals surface area contributed by atoms with Crippen molar-refractivity contribution in [1.82, 2.24) is 15.1 Å². The van der Waals surface area contributed by atoms with Gasteiger partial charge in [-0.2, -0.15) is 0 Å². The summed E-state index contributed by atoms with van der Waals surface area (Å²) in [5.41, 5.74) is 10.5. The summed E-state index contributed by atoms with van der Waals surface area (Å²) in [6.07, 6.45) is 0.652. The Labute approximate surface area is 187 Å². The summed E-state index contributed by atoms with van der Waals surface area (Å²) in [6, 6.07) is 13.5. The number of carbonyl (C=O) groups is 3. The predicted octanol–water partition coefficient (Wildman–Crippen LogP) is 1.35. The van der Waals surface area contributed by atoms with E-state index >= 15 is 0 Å². The second-order valence-electron chi connectivity index (χ2n) is 8.75. The summed E-state index contributed by atoms with van der Waals surface area (Å²) >= 11 is 0. The van der Waals surface area contributed by atoms with Crippen LogP contribution in [0.2, 0.25) is 0 Å². The van der Waals surface area contributed by atoms with E-state index in [-0.39, 0.29) is 24.1 Å². The Kier molecular flexibility index (Phi) is 5.30. The van der Waals surface area contributed by atoms with Crippen LogP contribution in [-0.2, 0) is 22.7 Å². The van der Waals surface area contributed by atoms with Crippen molar-refractivity contribution >= 4 is 29.1 Å². The zero-order valence-corrected chi connectivity index (χ0v) is 17.9. The van der Waals surface area contributed by atoms with Crippen molar-refractivity contribution in [3.63, 3.8) is 0 Å². The number of nitrogens with zero attached hydrogens (tertiary/aromatic N) is 3. The number of nitrogen functional groups attached to an aromatic ring is 1. The Morgan fingerprint density at radius 1 is 0.969 bits per heavy atom. The smallest absolute Gasteiger partial charge is 0.255 e. The standard InChI is InChI=1S/C24H27N5O3/c25-18-3-5-19(6-4-18)28-11-9-27(10-12-28)14-16-1-2-17-15-29(24(32)20(17)13-16)21-7-8-22(30)26-23(21)31/h1-6,13,21H,7-12,14-15,25H2,(H,26,30,31). The highest BCUT2D eigenvalue weighted by Crippen LogP contribution is 2.29. The van der Waals surface area contributed by atoms with E-state index in [0.29, 0.717) is 18.5 Å². The molecule has 8 heteroatoms. The number of carbonyl (C=O) groups excluding carboxylic acids is 3. The van der Waals surface area contributed by atoms with Gasteiger partial charge in [0.15, 0.2) is 0 Å². The van der Waals surface area contributed by atoms with Crippen LogP contribution in [0.1, 0.15) is 34.3 Å². The molecular formula is C24H27N5O3. The van der Waals surface area contributed by atoms with E-state index in [1.54, 1.807) is 4.90 Å². The van der Waals surface area contributed by atoms with Crippen molar-refractivity contribution in [3.05, 3.63) is 59.2 Å². The molecule has 3 aliphatic rings. The molecule has 3 aliphatic heterocycles. The topological polar surface area (TPSA) is 99.0 Å². The number of nitrogens with one attached hydrogen (secondary N) is 1. The summed E-state index contributed by atoms with van der Waals surface area (Å²) in [5, 5.41) is 2.35. The number of fused-ring (bicyclic) bond motifs is 1. The van der Waals surface area contributed by atoms with Gasteiger partial charge in [-0.15, -0.1) is 0 Å². The van der Waals surface area contributed by atoms with Crippen molar-refractivity contribution in [2.24, 2.45) is 0 Å². The molecule has 0 saturated carbocycles. The van der Waals surface area contributed by atoms with Crippen molar-refractivity contribution < 1.29 is 14.4 Å². The summed E-state index contributed by atoms with van der Waals surface area (Å²) in [6.45, 7) is 4.97. The molecule has 1 atom stereocenters. The summed E-state index contributed by atoms with van der Waals surface area (Å²) in [7, 11) is 0. The van der Waals surface area contributed by atoms with Crippen LogP contribution in [0.3, 0.4) is 0 Å². The van der Waals surface area contributed by atoms with Gasteiger partial charge in [0.1, 0.15) is 6.04 Å². The summed E-state index contributed by atoms with van der Waals surface area (Å²) in [5.74, 6) is -0.764. The van der Waals surface area contributed by atoms with Gasteiger partial charge in [0.05, 0.1) is 0 Å². The van der Waals surface area contributed by atoms with Gasteiger partial charge in [-0.3, -0.25) is 24.6 Å². The molecule has 2 aromatic carbocycles. The minimum atomic E-state index is -0.572. The fourth-order valence-electron chi connectivity index (χ4n) is 4.81. The number of nitrogens with two attached hydrogens (primary N) is 1. The van der Waals surface area contributed by atoms with Gasteiger partial charge in [0.2, 0.25) is 11.8 Å². The van der Waals surface area contributed by atoms with Crippen molar-refractivity contribution in [2.45, 2.75) is 32.0 Å². The highest BCUT2D eigenvalue weighted by Gasteiger charge is 2.39. The van der Waals surface area contributed by atoms with Crippen LogP contribution < -0.4 is 16.0 Å². The van der Waals surface area contributed by atoms with E-state index in [2.05, 4.69) is 33.3 Å². The lowest BCUT2D eigenvalue weighted by atomic mass is 10.0. The Balaban J connectivity index is 1.21. The maximum absolute atomic E-state index is 13.0. The number of hydrogen-bond acceptors (Lipinski definition) is 6. The number of anilines is 2. The Hall–Kier alpha value is -3.39. The number of piperidine rings is 1. The van der Waals surface area contributed by atoms with Gasteiger partial charge < -0.3 is 15.5 Å². The second kappa shape index (κ2) is 8.27. The first-order valence-electron chi connectivity index (χ1n) is 11.1. The molecule has 2 fully saturated rings. The van der Waals surface area contributed by atoms with Crippen LogP contribution in [0.25, 0.3) is 0 Å². The van der Waals surface area contributed by atoms with Crippen LogP contribution in [-0.4, -0.2) is 59.7 Å². The van der Waals surface area contributed by atoms with E-state index in [1.807, 2.05) is 24.3 Å². The Morgan fingerprint density at radius 3 is 2.44 bits per heavy atom. The lowest BCUT2D eigenvalue weighted by molar-refractivity contribution is -0.136. The van der Waals surface area contributed by atoms with Gasteiger partial charge in [-0.05, 0) is 47.9 Å². The van der Waals surface area contributed by atoms with E-state index in [9.17, 15) is 14.4 Å². The number of benzene rings is 2. The SMILES string of the molecule is Nc1ccc(N2CCN(Cc3ccc4c(c3)C(=O)N(C3CCC(=O)NC3=O)C4)CC2)cc1. The monoisotopic (exact) mass is 433 g/mol. The first-order valence-corrected chi connectivity index (χ1v) is 11.1. The third kappa shape index (κ3) is 3.93. The van der Waals surface area contributed by atoms with E-state index < -0.39 is 6.04 Å². The molecule has 0 aromatic heterocycles. The number of imide groups is 1. The molecule has 3 amide bonds. The molecule has 2 aromatic rings. The molecule has 0 spiro atoms. The van der Waals surface area contributed by atoms with Crippen molar-refractivity contribution in [1.29, 1.82) is 0 Å². The highest BCUT2D eigenvalue weighted by atomic mass is 16.2. The molecular weight excluding hydrogens is 406 g/mol. The Morgan fingerprint density at radius 2 is 1.72 bits per heavy atom. The van der Waals surface area contributed by atoms with Crippen molar-refractivity contribution in [3.8, 4) is 0 Å². The van der Waals surface area contributed by atoms with Crippen LogP contribution >= 0.6 is 0 Å². The number of rotatable bonds is 4. The van der Waals surface area contributed by atoms with E-state index in [4.69, 9.17) is 5.73 Å². The molecule has 1 unspecified atom stereocenters. The normalized spacial score (nSPS) is 21.6. The molecule has 8 nitrogen and oxygen atoms in total.